The highest BCUT2D eigenvalue weighted by Crippen LogP contribution is 2.30. The molecule has 0 amide bonds. The normalized spacial score (nSPS) is 10.4. The van der Waals surface area contributed by atoms with Gasteiger partial charge in [0.05, 0.1) is 12.7 Å². The summed E-state index contributed by atoms with van der Waals surface area (Å²) in [6, 6.07) is 5.31. The Balaban J connectivity index is 2.46. The smallest absolute Gasteiger partial charge is 0.261 e. The number of nitrogens with two attached hydrogens (primary N) is 1. The third-order valence-electron chi connectivity index (χ3n) is 2.24. The number of nitrogens with zero attached hydrogens (tertiary/aromatic N) is 2. The molecule has 2 rings (SSSR count). The quantitative estimate of drug-likeness (QED) is 0.798. The van der Waals surface area contributed by atoms with E-state index in [1.807, 2.05) is 6.92 Å². The van der Waals surface area contributed by atoms with Gasteiger partial charge in [-0.3, -0.25) is 0 Å². The van der Waals surface area contributed by atoms with Crippen LogP contribution in [0.4, 0.5) is 5.69 Å². The van der Waals surface area contributed by atoms with E-state index >= 15 is 0 Å². The summed E-state index contributed by atoms with van der Waals surface area (Å²) in [6.45, 7) is 1.97. The molecule has 5 heteroatoms. The van der Waals surface area contributed by atoms with Crippen LogP contribution in [0.3, 0.4) is 0 Å². The number of benzene rings is 1. The monoisotopic (exact) mass is 219 g/mol. The molecule has 5 nitrogen and oxygen atoms in total. The van der Waals surface area contributed by atoms with Crippen LogP contribution in [0.5, 0.6) is 5.75 Å². The van der Waals surface area contributed by atoms with Crippen molar-refractivity contribution in [3.8, 4) is 17.2 Å². The predicted octanol–water partition coefficient (Wildman–Crippen LogP) is 1.89. The van der Waals surface area contributed by atoms with Crippen molar-refractivity contribution in [2.24, 2.45) is 0 Å². The zero-order valence-electron chi connectivity index (χ0n) is 9.23. The van der Waals surface area contributed by atoms with Crippen LogP contribution in [0.2, 0.25) is 0 Å². The van der Waals surface area contributed by atoms with Gasteiger partial charge in [0.1, 0.15) is 5.75 Å². The van der Waals surface area contributed by atoms with Crippen molar-refractivity contribution in [1.29, 1.82) is 0 Å². The van der Waals surface area contributed by atoms with Crippen LogP contribution < -0.4 is 10.5 Å². The molecule has 16 heavy (non-hydrogen) atoms. The maximum Gasteiger partial charge on any atom is 0.261 e. The molecular weight excluding hydrogens is 206 g/mol. The van der Waals surface area contributed by atoms with Gasteiger partial charge in [-0.2, -0.15) is 4.98 Å². The molecule has 84 valence electrons. The Hall–Kier alpha value is -2.04. The zero-order valence-corrected chi connectivity index (χ0v) is 9.23. The fourth-order valence-corrected chi connectivity index (χ4v) is 1.39. The molecule has 2 aromatic rings. The average molecular weight is 219 g/mol. The second-order valence-electron chi connectivity index (χ2n) is 3.33. The molecule has 0 bridgehead atoms. The van der Waals surface area contributed by atoms with Crippen LogP contribution in [0.25, 0.3) is 11.5 Å². The Morgan fingerprint density at radius 2 is 2.25 bits per heavy atom. The lowest BCUT2D eigenvalue weighted by Gasteiger charge is -2.05. The largest absolute Gasteiger partial charge is 0.496 e. The van der Waals surface area contributed by atoms with Crippen molar-refractivity contribution < 1.29 is 9.26 Å². The number of methoxy groups -OCH3 is 1. The van der Waals surface area contributed by atoms with Gasteiger partial charge in [-0.1, -0.05) is 12.1 Å². The van der Waals surface area contributed by atoms with Crippen LogP contribution in [0.15, 0.2) is 22.7 Å². The highest BCUT2D eigenvalue weighted by Gasteiger charge is 2.12. The average Bonchev–Trinajstić information content (AvgIpc) is 2.77. The summed E-state index contributed by atoms with van der Waals surface area (Å²) in [5.41, 5.74) is 7.05. The van der Waals surface area contributed by atoms with Gasteiger partial charge in [-0.15, -0.1) is 0 Å². The summed E-state index contributed by atoms with van der Waals surface area (Å²) >= 11 is 0. The molecule has 0 saturated heterocycles. The zero-order chi connectivity index (χ0) is 11.5. The number of nitrogen functional groups attached to an aromatic ring is 1. The van der Waals surface area contributed by atoms with Gasteiger partial charge in [0.25, 0.3) is 5.89 Å². The minimum Gasteiger partial charge on any atom is -0.496 e. The lowest BCUT2D eigenvalue weighted by atomic mass is 10.2. The molecule has 0 fully saturated rings. The van der Waals surface area contributed by atoms with E-state index in [1.165, 1.54) is 0 Å². The summed E-state index contributed by atoms with van der Waals surface area (Å²) in [7, 11) is 1.58. The Morgan fingerprint density at radius 1 is 1.44 bits per heavy atom. The lowest BCUT2D eigenvalue weighted by molar-refractivity contribution is 0.403. The number of hydrogen-bond acceptors (Lipinski definition) is 5. The van der Waals surface area contributed by atoms with Gasteiger partial charge in [0, 0.05) is 18.2 Å². The molecular formula is C11H13N3O2. The third kappa shape index (κ3) is 1.84. The lowest BCUT2D eigenvalue weighted by Crippen LogP contribution is -1.91. The van der Waals surface area contributed by atoms with Crippen LogP contribution in [0.1, 0.15) is 12.7 Å². The fourth-order valence-electron chi connectivity index (χ4n) is 1.39. The SMILES string of the molecule is CCc1noc(-c2ccc(N)cc2OC)n1. The standard InChI is InChI=1S/C11H13N3O2/c1-3-10-13-11(16-14-10)8-5-4-7(12)6-9(8)15-2/h4-6H,3,12H2,1-2H3. The highest BCUT2D eigenvalue weighted by atomic mass is 16.5. The number of aromatic nitrogens is 2. The van der Waals surface area contributed by atoms with E-state index < -0.39 is 0 Å². The van der Waals surface area contributed by atoms with Crippen LogP contribution >= 0.6 is 0 Å². The van der Waals surface area contributed by atoms with Crippen LogP contribution in [-0.4, -0.2) is 17.3 Å². The van der Waals surface area contributed by atoms with Crippen LogP contribution in [-0.2, 0) is 6.42 Å². The van der Waals surface area contributed by atoms with Crippen molar-refractivity contribution in [2.45, 2.75) is 13.3 Å². The van der Waals surface area contributed by atoms with E-state index in [4.69, 9.17) is 15.0 Å². The van der Waals surface area contributed by atoms with Gasteiger partial charge in [0.2, 0.25) is 0 Å². The summed E-state index contributed by atoms with van der Waals surface area (Å²) in [5, 5.41) is 3.84. The van der Waals surface area contributed by atoms with E-state index in [-0.39, 0.29) is 0 Å². The van der Waals surface area contributed by atoms with Gasteiger partial charge in [-0.05, 0) is 12.1 Å². The van der Waals surface area contributed by atoms with Gasteiger partial charge < -0.3 is 15.0 Å². The summed E-state index contributed by atoms with van der Waals surface area (Å²) in [6.07, 6.45) is 0.737. The predicted molar refractivity (Wildman–Crippen MR) is 60.1 cm³/mol. The number of rotatable bonds is 3. The van der Waals surface area contributed by atoms with E-state index in [1.54, 1.807) is 25.3 Å². The molecule has 0 aliphatic heterocycles. The van der Waals surface area contributed by atoms with Crippen molar-refractivity contribution in [3.05, 3.63) is 24.0 Å². The maximum atomic E-state index is 5.67. The van der Waals surface area contributed by atoms with E-state index in [0.29, 0.717) is 23.2 Å². The van der Waals surface area contributed by atoms with E-state index in [0.717, 1.165) is 12.0 Å². The second kappa shape index (κ2) is 4.22. The molecule has 0 atom stereocenters. The van der Waals surface area contributed by atoms with E-state index in [2.05, 4.69) is 10.1 Å². The molecule has 0 unspecified atom stereocenters. The summed E-state index contributed by atoms with van der Waals surface area (Å²) in [4.78, 5) is 4.24. The first-order valence-corrected chi connectivity index (χ1v) is 5.01. The Bertz CT molecular complexity index is 494. The van der Waals surface area contributed by atoms with Crippen molar-refractivity contribution in [2.75, 3.05) is 12.8 Å². The minimum atomic E-state index is 0.453. The number of hydrogen-bond donors (Lipinski definition) is 1. The van der Waals surface area contributed by atoms with E-state index in [9.17, 15) is 0 Å². The molecule has 0 aliphatic carbocycles. The fraction of sp³-hybridized carbons (Fsp3) is 0.273. The van der Waals surface area contributed by atoms with Gasteiger partial charge in [-0.25, -0.2) is 0 Å². The van der Waals surface area contributed by atoms with Crippen molar-refractivity contribution in [3.63, 3.8) is 0 Å². The Kier molecular flexibility index (Phi) is 2.76. The Labute approximate surface area is 93.2 Å². The second-order valence-corrected chi connectivity index (χ2v) is 3.33. The first-order valence-electron chi connectivity index (χ1n) is 5.01. The molecule has 0 aliphatic rings. The molecule has 2 N–H and O–H groups in total. The first kappa shape index (κ1) is 10.5. The molecule has 1 aromatic carbocycles. The molecule has 0 saturated carbocycles. The third-order valence-corrected chi connectivity index (χ3v) is 2.24. The topological polar surface area (TPSA) is 74.2 Å². The molecule has 0 spiro atoms. The summed E-state index contributed by atoms with van der Waals surface area (Å²) in [5.74, 6) is 1.76. The maximum absolute atomic E-state index is 5.67. The summed E-state index contributed by atoms with van der Waals surface area (Å²) < 4.78 is 10.4. The van der Waals surface area contributed by atoms with Crippen molar-refractivity contribution in [1.82, 2.24) is 10.1 Å². The molecule has 1 heterocycles. The first-order chi connectivity index (χ1) is 7.74. The number of anilines is 1. The van der Waals surface area contributed by atoms with Gasteiger partial charge >= 0.3 is 0 Å². The Morgan fingerprint density at radius 3 is 2.88 bits per heavy atom. The number of aryl methyl sites for hydroxylation is 1. The molecule has 0 radical (unpaired) electrons. The van der Waals surface area contributed by atoms with Crippen molar-refractivity contribution >= 4 is 5.69 Å². The number of ether oxygens (including phenoxy) is 1. The minimum absolute atomic E-state index is 0.453. The highest BCUT2D eigenvalue weighted by molar-refractivity contribution is 5.66. The molecule has 1 aromatic heterocycles. The van der Waals surface area contributed by atoms with Gasteiger partial charge in [0.15, 0.2) is 5.82 Å². The van der Waals surface area contributed by atoms with Crippen LogP contribution in [0, 0.1) is 0 Å².